The van der Waals surface area contributed by atoms with Crippen molar-refractivity contribution in [3.63, 3.8) is 0 Å². The average molecular weight is 195 g/mol. The molecule has 2 aliphatic rings. The molecule has 2 fully saturated rings. The predicted molar refractivity (Wildman–Crippen MR) is 61.4 cm³/mol. The Morgan fingerprint density at radius 1 is 1.14 bits per heavy atom. The van der Waals surface area contributed by atoms with Gasteiger partial charge in [-0.3, -0.25) is 0 Å². The molecule has 0 spiro atoms. The van der Waals surface area contributed by atoms with E-state index in [4.69, 9.17) is 0 Å². The molecule has 0 bridgehead atoms. The summed E-state index contributed by atoms with van der Waals surface area (Å²) in [5.41, 5.74) is 0.453. The van der Waals surface area contributed by atoms with Gasteiger partial charge in [0.25, 0.3) is 0 Å². The molecule has 1 nitrogen and oxygen atoms in total. The van der Waals surface area contributed by atoms with E-state index in [1.807, 2.05) is 0 Å². The predicted octanol–water partition coefficient (Wildman–Crippen LogP) is 3.34. The molecular formula is C13H25N. The first-order valence-corrected chi connectivity index (χ1v) is 6.37. The second kappa shape index (κ2) is 3.84. The van der Waals surface area contributed by atoms with Crippen molar-refractivity contribution >= 4 is 0 Å². The molecule has 2 rings (SSSR count). The molecule has 1 atom stereocenters. The summed E-state index contributed by atoms with van der Waals surface area (Å²) in [6, 6.07) is 0.758. The molecule has 0 saturated heterocycles. The molecule has 0 aromatic heterocycles. The van der Waals surface area contributed by atoms with Crippen LogP contribution in [0.4, 0.5) is 0 Å². The molecule has 0 aromatic rings. The zero-order valence-corrected chi connectivity index (χ0v) is 9.97. The van der Waals surface area contributed by atoms with Gasteiger partial charge >= 0.3 is 0 Å². The van der Waals surface area contributed by atoms with E-state index in [2.05, 4.69) is 26.1 Å². The lowest BCUT2D eigenvalue weighted by atomic mass is 9.78. The van der Waals surface area contributed by atoms with Crippen LogP contribution in [0.1, 0.15) is 59.3 Å². The quantitative estimate of drug-likeness (QED) is 0.728. The molecule has 14 heavy (non-hydrogen) atoms. The van der Waals surface area contributed by atoms with Crippen molar-refractivity contribution in [2.75, 3.05) is 0 Å². The number of rotatable bonds is 3. The molecule has 1 N–H and O–H groups in total. The fourth-order valence-electron chi connectivity index (χ4n) is 2.81. The lowest BCUT2D eigenvalue weighted by Gasteiger charge is -2.39. The third-order valence-corrected chi connectivity index (χ3v) is 4.28. The third-order valence-electron chi connectivity index (χ3n) is 4.28. The van der Waals surface area contributed by atoms with E-state index < -0.39 is 0 Å². The van der Waals surface area contributed by atoms with E-state index >= 15 is 0 Å². The van der Waals surface area contributed by atoms with Crippen LogP contribution in [0, 0.1) is 11.8 Å². The molecule has 0 heterocycles. The van der Waals surface area contributed by atoms with E-state index in [1.165, 1.54) is 38.5 Å². The maximum Gasteiger partial charge on any atom is 0.0156 e. The van der Waals surface area contributed by atoms with Crippen LogP contribution < -0.4 is 5.32 Å². The SMILES string of the molecule is CC1CCC(C)(NC(C)C2CC2)CC1. The van der Waals surface area contributed by atoms with Gasteiger partial charge in [0.05, 0.1) is 0 Å². The molecule has 1 unspecified atom stereocenters. The van der Waals surface area contributed by atoms with Crippen LogP contribution >= 0.6 is 0 Å². The van der Waals surface area contributed by atoms with Crippen molar-refractivity contribution in [3.8, 4) is 0 Å². The molecule has 0 aromatic carbocycles. The summed E-state index contributed by atoms with van der Waals surface area (Å²) in [5.74, 6) is 1.95. The normalized spacial score (nSPS) is 40.9. The Balaban J connectivity index is 1.82. The molecule has 0 radical (unpaired) electrons. The molecule has 0 aliphatic heterocycles. The van der Waals surface area contributed by atoms with Gasteiger partial charge in [-0.1, -0.05) is 6.92 Å². The van der Waals surface area contributed by atoms with Crippen molar-refractivity contribution in [3.05, 3.63) is 0 Å². The molecule has 0 amide bonds. The second-order valence-electron chi connectivity index (χ2n) is 6.01. The number of hydrogen-bond acceptors (Lipinski definition) is 1. The Labute approximate surface area is 88.7 Å². The van der Waals surface area contributed by atoms with Gasteiger partial charge in [-0.25, -0.2) is 0 Å². The maximum absolute atomic E-state index is 3.88. The lowest BCUT2D eigenvalue weighted by Crippen LogP contribution is -2.49. The van der Waals surface area contributed by atoms with Gasteiger partial charge in [0.2, 0.25) is 0 Å². The van der Waals surface area contributed by atoms with Gasteiger partial charge in [0, 0.05) is 11.6 Å². The smallest absolute Gasteiger partial charge is 0.0156 e. The maximum atomic E-state index is 3.88. The van der Waals surface area contributed by atoms with E-state index in [0.717, 1.165) is 17.9 Å². The minimum absolute atomic E-state index is 0.453. The first-order valence-electron chi connectivity index (χ1n) is 6.37. The molecule has 1 heteroatoms. The summed E-state index contributed by atoms with van der Waals surface area (Å²) >= 11 is 0. The molecule has 2 saturated carbocycles. The van der Waals surface area contributed by atoms with Crippen LogP contribution in [0.15, 0.2) is 0 Å². The van der Waals surface area contributed by atoms with Crippen LogP contribution in [0.3, 0.4) is 0 Å². The topological polar surface area (TPSA) is 12.0 Å². The minimum Gasteiger partial charge on any atom is -0.309 e. The zero-order valence-electron chi connectivity index (χ0n) is 9.97. The first-order chi connectivity index (χ1) is 6.59. The summed E-state index contributed by atoms with van der Waals surface area (Å²) in [6.07, 6.45) is 8.51. The Morgan fingerprint density at radius 3 is 2.21 bits per heavy atom. The number of hydrogen-bond donors (Lipinski definition) is 1. The average Bonchev–Trinajstić information content (AvgIpc) is 2.93. The van der Waals surface area contributed by atoms with Crippen molar-refractivity contribution in [2.24, 2.45) is 11.8 Å². The zero-order chi connectivity index (χ0) is 10.2. The third kappa shape index (κ3) is 2.50. The minimum atomic E-state index is 0.453. The Bertz CT molecular complexity index is 187. The van der Waals surface area contributed by atoms with E-state index in [9.17, 15) is 0 Å². The van der Waals surface area contributed by atoms with E-state index in [-0.39, 0.29) is 0 Å². The fraction of sp³-hybridized carbons (Fsp3) is 1.00. The van der Waals surface area contributed by atoms with Crippen LogP contribution in [0.25, 0.3) is 0 Å². The number of nitrogens with one attached hydrogen (secondary N) is 1. The van der Waals surface area contributed by atoms with Crippen LogP contribution in [0.5, 0.6) is 0 Å². The van der Waals surface area contributed by atoms with Gasteiger partial charge in [0.15, 0.2) is 0 Å². The van der Waals surface area contributed by atoms with Gasteiger partial charge < -0.3 is 5.32 Å². The fourth-order valence-corrected chi connectivity index (χ4v) is 2.81. The Hall–Kier alpha value is -0.0400. The van der Waals surface area contributed by atoms with Gasteiger partial charge in [0.1, 0.15) is 0 Å². The van der Waals surface area contributed by atoms with Crippen molar-refractivity contribution in [1.82, 2.24) is 5.32 Å². The highest BCUT2D eigenvalue weighted by Crippen LogP contribution is 2.36. The van der Waals surface area contributed by atoms with Crippen LogP contribution in [0.2, 0.25) is 0 Å². The summed E-state index contributed by atoms with van der Waals surface area (Å²) in [7, 11) is 0. The molecule has 2 aliphatic carbocycles. The highest BCUT2D eigenvalue weighted by Gasteiger charge is 2.35. The lowest BCUT2D eigenvalue weighted by molar-refractivity contribution is 0.192. The summed E-state index contributed by atoms with van der Waals surface area (Å²) < 4.78 is 0. The van der Waals surface area contributed by atoms with Crippen molar-refractivity contribution < 1.29 is 0 Å². The summed E-state index contributed by atoms with van der Waals surface area (Å²) in [6.45, 7) is 7.20. The van der Waals surface area contributed by atoms with Crippen molar-refractivity contribution in [1.29, 1.82) is 0 Å². The largest absolute Gasteiger partial charge is 0.309 e. The van der Waals surface area contributed by atoms with Gasteiger partial charge in [-0.05, 0) is 64.2 Å². The molecular weight excluding hydrogens is 170 g/mol. The standard InChI is InChI=1S/C13H25N/c1-10-6-8-13(3,9-7-10)14-11(2)12-4-5-12/h10-12,14H,4-9H2,1-3H3. The first kappa shape index (κ1) is 10.5. The van der Waals surface area contributed by atoms with Crippen LogP contribution in [-0.4, -0.2) is 11.6 Å². The summed E-state index contributed by atoms with van der Waals surface area (Å²) in [4.78, 5) is 0. The summed E-state index contributed by atoms with van der Waals surface area (Å²) in [5, 5.41) is 3.88. The van der Waals surface area contributed by atoms with Crippen molar-refractivity contribution in [2.45, 2.75) is 70.9 Å². The molecule has 82 valence electrons. The highest BCUT2D eigenvalue weighted by atomic mass is 15.0. The Morgan fingerprint density at radius 2 is 1.71 bits per heavy atom. The Kier molecular flexibility index (Phi) is 2.88. The van der Waals surface area contributed by atoms with E-state index in [0.29, 0.717) is 5.54 Å². The van der Waals surface area contributed by atoms with Crippen LogP contribution in [-0.2, 0) is 0 Å². The van der Waals surface area contributed by atoms with Gasteiger partial charge in [-0.2, -0.15) is 0 Å². The second-order valence-corrected chi connectivity index (χ2v) is 6.01. The van der Waals surface area contributed by atoms with E-state index in [1.54, 1.807) is 0 Å². The highest BCUT2D eigenvalue weighted by molar-refractivity contribution is 4.93. The monoisotopic (exact) mass is 195 g/mol. The van der Waals surface area contributed by atoms with Gasteiger partial charge in [-0.15, -0.1) is 0 Å².